The van der Waals surface area contributed by atoms with Gasteiger partial charge in [-0.3, -0.25) is 14.5 Å². The van der Waals surface area contributed by atoms with E-state index < -0.39 is 29.7 Å². The van der Waals surface area contributed by atoms with Gasteiger partial charge in [0, 0.05) is 58.1 Å². The van der Waals surface area contributed by atoms with Gasteiger partial charge in [-0.2, -0.15) is 0 Å². The van der Waals surface area contributed by atoms with Gasteiger partial charge in [0.1, 0.15) is 17.5 Å². The number of benzene rings is 2. The van der Waals surface area contributed by atoms with Crippen LogP contribution in [0, 0.1) is 17.7 Å². The maximum absolute atomic E-state index is 15.1. The van der Waals surface area contributed by atoms with Gasteiger partial charge in [0.2, 0.25) is 11.8 Å². The van der Waals surface area contributed by atoms with E-state index in [1.165, 1.54) is 17.9 Å². The second kappa shape index (κ2) is 15.5. The average molecular weight is 636 g/mol. The molecule has 246 valence electrons. The first-order valence-electron chi connectivity index (χ1n) is 15.5. The number of nitrogens with one attached hydrogen (secondary N) is 2. The van der Waals surface area contributed by atoms with E-state index in [1.807, 2.05) is 49.9 Å². The van der Waals surface area contributed by atoms with Crippen LogP contribution in [0.2, 0.25) is 0 Å². The van der Waals surface area contributed by atoms with E-state index in [-0.39, 0.29) is 24.9 Å². The zero-order valence-electron chi connectivity index (χ0n) is 26.9. The monoisotopic (exact) mass is 635 g/mol. The molecule has 0 aliphatic carbocycles. The predicted octanol–water partition coefficient (Wildman–Crippen LogP) is 4.18. The Morgan fingerprint density at radius 3 is 2.52 bits per heavy atom. The summed E-state index contributed by atoms with van der Waals surface area (Å²) < 4.78 is 25.7. The van der Waals surface area contributed by atoms with Gasteiger partial charge in [-0.1, -0.05) is 24.0 Å². The lowest BCUT2D eigenvalue weighted by Gasteiger charge is -2.36. The largest absolute Gasteiger partial charge is 0.444 e. The molecule has 0 radical (unpaired) electrons. The molecule has 2 aromatic carbocycles. The first-order chi connectivity index (χ1) is 21.9. The van der Waals surface area contributed by atoms with Crippen LogP contribution in [0.15, 0.2) is 42.5 Å². The van der Waals surface area contributed by atoms with E-state index in [0.29, 0.717) is 63.4 Å². The number of amides is 4. The van der Waals surface area contributed by atoms with Gasteiger partial charge in [0.05, 0.1) is 24.5 Å². The Bertz CT molecular complexity index is 1490. The minimum Gasteiger partial charge on any atom is -0.444 e. The van der Waals surface area contributed by atoms with Crippen molar-refractivity contribution in [2.24, 2.45) is 0 Å². The van der Waals surface area contributed by atoms with E-state index >= 15 is 4.39 Å². The van der Waals surface area contributed by atoms with Gasteiger partial charge in [-0.15, -0.1) is 0 Å². The Kier molecular flexibility index (Phi) is 11.5. The lowest BCUT2D eigenvalue weighted by molar-refractivity contribution is -0.131. The molecule has 2 saturated heterocycles. The summed E-state index contributed by atoms with van der Waals surface area (Å²) in [6.45, 7) is 9.52. The third-order valence-electron chi connectivity index (χ3n) is 7.36. The number of halogens is 1. The minimum absolute atomic E-state index is 0.0499. The molecular weight excluding hydrogens is 593 g/mol. The highest BCUT2D eigenvalue weighted by molar-refractivity contribution is 5.90. The molecule has 2 N–H and O–H groups in total. The zero-order valence-corrected chi connectivity index (χ0v) is 26.9. The maximum Gasteiger partial charge on any atom is 0.414 e. The number of unbranched alkanes of at least 4 members (excludes halogenated alkanes) is 1. The van der Waals surface area contributed by atoms with Gasteiger partial charge in [-0.05, 0) is 63.1 Å². The molecule has 2 aromatic rings. The molecule has 2 aliphatic heterocycles. The van der Waals surface area contributed by atoms with Crippen LogP contribution in [0.4, 0.5) is 25.4 Å². The molecule has 4 amide bonds. The summed E-state index contributed by atoms with van der Waals surface area (Å²) in [7, 11) is 0. The summed E-state index contributed by atoms with van der Waals surface area (Å²) in [5, 5.41) is 5.36. The van der Waals surface area contributed by atoms with Crippen molar-refractivity contribution in [3.8, 4) is 11.8 Å². The number of cyclic esters (lactones) is 1. The Morgan fingerprint density at radius 2 is 1.83 bits per heavy atom. The Balaban J connectivity index is 1.18. The number of anilines is 2. The molecule has 0 saturated carbocycles. The number of hydrogen-bond acceptors (Lipinski definition) is 7. The van der Waals surface area contributed by atoms with Gasteiger partial charge >= 0.3 is 12.2 Å². The van der Waals surface area contributed by atoms with Crippen LogP contribution < -0.4 is 20.4 Å². The van der Waals surface area contributed by atoms with Crippen molar-refractivity contribution in [1.82, 2.24) is 15.5 Å². The summed E-state index contributed by atoms with van der Waals surface area (Å²) >= 11 is 0. The van der Waals surface area contributed by atoms with E-state index in [4.69, 9.17) is 9.47 Å². The van der Waals surface area contributed by atoms with Gasteiger partial charge < -0.3 is 29.9 Å². The number of carbonyl (C=O) groups is 4. The molecule has 2 fully saturated rings. The second-order valence-electron chi connectivity index (χ2n) is 12.3. The van der Waals surface area contributed by atoms with Crippen molar-refractivity contribution in [2.75, 3.05) is 49.1 Å². The summed E-state index contributed by atoms with van der Waals surface area (Å²) in [6.07, 6.45) is 0.0234. The summed E-state index contributed by atoms with van der Waals surface area (Å²) in [4.78, 5) is 53.2. The number of hydrogen-bond donors (Lipinski definition) is 2. The van der Waals surface area contributed by atoms with Crippen LogP contribution >= 0.6 is 0 Å². The van der Waals surface area contributed by atoms with Crippen LogP contribution in [0.3, 0.4) is 0 Å². The molecule has 0 aromatic heterocycles. The third-order valence-corrected chi connectivity index (χ3v) is 7.36. The van der Waals surface area contributed by atoms with Crippen molar-refractivity contribution < 1.29 is 33.0 Å². The van der Waals surface area contributed by atoms with Gasteiger partial charge in [0.25, 0.3) is 0 Å². The van der Waals surface area contributed by atoms with Crippen molar-refractivity contribution in [3.63, 3.8) is 0 Å². The summed E-state index contributed by atoms with van der Waals surface area (Å²) in [5.41, 5.74) is 1.98. The number of carbonyl (C=O) groups excluding carboxylic acids is 4. The van der Waals surface area contributed by atoms with E-state index in [0.717, 1.165) is 11.1 Å². The fourth-order valence-electron chi connectivity index (χ4n) is 5.11. The SMILES string of the molecule is CC(=O)NCC1CN(c2ccc(N3CCN(C(=O)CCCC#Cc4cccc(CNC(=O)OC(C)(C)C)c4)CC3)c(F)c2)C(=O)O1. The molecule has 11 nitrogen and oxygen atoms in total. The fourth-order valence-corrected chi connectivity index (χ4v) is 5.11. The van der Waals surface area contributed by atoms with Crippen molar-refractivity contribution in [1.29, 1.82) is 0 Å². The number of piperazine rings is 1. The van der Waals surface area contributed by atoms with E-state index in [1.54, 1.807) is 17.0 Å². The molecule has 12 heteroatoms. The summed E-state index contributed by atoms with van der Waals surface area (Å²) in [5.74, 6) is 5.62. The maximum atomic E-state index is 15.1. The lowest BCUT2D eigenvalue weighted by atomic mass is 10.1. The molecule has 4 rings (SSSR count). The molecule has 0 bridgehead atoms. The van der Waals surface area contributed by atoms with Crippen molar-refractivity contribution in [2.45, 2.75) is 65.2 Å². The molecular formula is C34H42FN5O6. The Morgan fingerprint density at radius 1 is 1.07 bits per heavy atom. The van der Waals surface area contributed by atoms with Crippen LogP contribution in [-0.2, 0) is 25.6 Å². The van der Waals surface area contributed by atoms with Crippen LogP contribution in [0.1, 0.15) is 58.1 Å². The summed E-state index contributed by atoms with van der Waals surface area (Å²) in [6, 6.07) is 12.2. The van der Waals surface area contributed by atoms with E-state index in [9.17, 15) is 19.2 Å². The van der Waals surface area contributed by atoms with Gasteiger partial charge in [-0.25, -0.2) is 14.0 Å². The van der Waals surface area contributed by atoms with E-state index in [2.05, 4.69) is 22.5 Å². The minimum atomic E-state index is -0.584. The Hall–Kier alpha value is -4.79. The van der Waals surface area contributed by atoms with Crippen LogP contribution in [0.25, 0.3) is 0 Å². The van der Waals surface area contributed by atoms with Crippen LogP contribution in [0.5, 0.6) is 0 Å². The fraction of sp³-hybridized carbons (Fsp3) is 0.471. The first-order valence-corrected chi connectivity index (χ1v) is 15.5. The quantitative estimate of drug-likeness (QED) is 0.313. The third kappa shape index (κ3) is 10.1. The molecule has 2 heterocycles. The predicted molar refractivity (Wildman–Crippen MR) is 172 cm³/mol. The highest BCUT2D eigenvalue weighted by atomic mass is 19.1. The standard InChI is InChI=1S/C34H42FN5O6/c1-24(41)36-22-28-23-40(33(44)45-28)27-13-14-30(29(35)20-27)38-15-17-39(18-16-38)31(42)12-7-5-6-9-25-10-8-11-26(19-25)21-37-32(43)46-34(2,3)4/h8,10-11,13-14,19-20,28H,5,7,12,15-18,21-23H2,1-4H3,(H,36,41)(H,37,43). The van der Waals surface area contributed by atoms with Crippen molar-refractivity contribution in [3.05, 3.63) is 59.4 Å². The lowest BCUT2D eigenvalue weighted by Crippen LogP contribution is -2.49. The smallest absolute Gasteiger partial charge is 0.414 e. The average Bonchev–Trinajstić information content (AvgIpc) is 3.38. The number of nitrogens with zero attached hydrogens (tertiary/aromatic N) is 3. The Labute approximate surface area is 269 Å². The number of ether oxygens (including phenoxy) is 2. The molecule has 46 heavy (non-hydrogen) atoms. The molecule has 2 aliphatic rings. The molecule has 0 spiro atoms. The number of rotatable bonds is 9. The number of alkyl carbamates (subject to hydrolysis) is 1. The zero-order chi connectivity index (χ0) is 33.3. The van der Waals surface area contributed by atoms with Crippen molar-refractivity contribution >= 4 is 35.4 Å². The molecule has 1 atom stereocenters. The highest BCUT2D eigenvalue weighted by Crippen LogP contribution is 2.28. The normalized spacial score (nSPS) is 16.3. The molecule has 1 unspecified atom stereocenters. The van der Waals surface area contributed by atoms with Crippen LogP contribution in [-0.4, -0.2) is 79.9 Å². The highest BCUT2D eigenvalue weighted by Gasteiger charge is 2.33. The second-order valence-corrected chi connectivity index (χ2v) is 12.3. The first kappa shape index (κ1) is 34.1. The topological polar surface area (TPSA) is 121 Å². The van der Waals surface area contributed by atoms with Gasteiger partial charge in [0.15, 0.2) is 0 Å².